The van der Waals surface area contributed by atoms with Crippen LogP contribution in [0, 0.1) is 3.57 Å². The zero-order chi connectivity index (χ0) is 15.1. The van der Waals surface area contributed by atoms with Crippen LogP contribution < -0.4 is 0 Å². The molecule has 0 amide bonds. The van der Waals surface area contributed by atoms with E-state index < -0.39 is 0 Å². The molecule has 0 unspecified atom stereocenters. The third kappa shape index (κ3) is 2.19. The molecule has 108 valence electrons. The van der Waals surface area contributed by atoms with Gasteiger partial charge in [-0.2, -0.15) is 0 Å². The van der Waals surface area contributed by atoms with Gasteiger partial charge in [0.25, 0.3) is 0 Å². The van der Waals surface area contributed by atoms with Crippen molar-refractivity contribution in [3.63, 3.8) is 0 Å². The van der Waals surface area contributed by atoms with E-state index in [9.17, 15) is 0 Å². The average Bonchev–Trinajstić information content (AvgIpc) is 3.14. The fraction of sp³-hybridized carbons (Fsp3) is 0.0625. The van der Waals surface area contributed by atoms with Crippen LogP contribution in [0.2, 0.25) is 0 Å². The Bertz CT molecular complexity index is 955. The van der Waals surface area contributed by atoms with Crippen molar-refractivity contribution in [2.24, 2.45) is 7.05 Å². The van der Waals surface area contributed by atoms with Crippen LogP contribution in [-0.4, -0.2) is 24.3 Å². The normalized spacial score (nSPS) is 11.2. The quantitative estimate of drug-likeness (QED) is 0.484. The van der Waals surface area contributed by atoms with E-state index >= 15 is 0 Å². The Labute approximate surface area is 140 Å². The molecule has 5 nitrogen and oxygen atoms in total. The topological polar surface area (TPSA) is 48.5 Å². The summed E-state index contributed by atoms with van der Waals surface area (Å²) in [6.07, 6.45) is 5.56. The summed E-state index contributed by atoms with van der Waals surface area (Å²) in [5.74, 6) is 1.46. The minimum Gasteiger partial charge on any atom is -0.349 e. The SMILES string of the molecule is Cn1cc(I)c2cc(-c3ncn(-c4ccccn4)n3)ccc21. The van der Waals surface area contributed by atoms with Gasteiger partial charge in [-0.1, -0.05) is 6.07 Å². The summed E-state index contributed by atoms with van der Waals surface area (Å²) >= 11 is 2.35. The monoisotopic (exact) mass is 401 g/mol. The van der Waals surface area contributed by atoms with Crippen molar-refractivity contribution >= 4 is 33.5 Å². The van der Waals surface area contributed by atoms with Crippen LogP contribution in [0.25, 0.3) is 28.1 Å². The maximum atomic E-state index is 4.53. The molecular weight excluding hydrogens is 389 g/mol. The Kier molecular flexibility index (Phi) is 3.18. The van der Waals surface area contributed by atoms with Crippen LogP contribution >= 0.6 is 22.6 Å². The molecule has 0 bridgehead atoms. The number of benzene rings is 1. The zero-order valence-electron chi connectivity index (χ0n) is 11.8. The number of pyridine rings is 1. The van der Waals surface area contributed by atoms with Crippen LogP contribution in [0.3, 0.4) is 0 Å². The van der Waals surface area contributed by atoms with Gasteiger partial charge in [0, 0.05) is 39.5 Å². The highest BCUT2D eigenvalue weighted by Crippen LogP contribution is 2.27. The van der Waals surface area contributed by atoms with Crippen LogP contribution in [0.1, 0.15) is 0 Å². The molecule has 3 aromatic heterocycles. The largest absolute Gasteiger partial charge is 0.349 e. The van der Waals surface area contributed by atoms with Crippen LogP contribution in [-0.2, 0) is 7.05 Å². The minimum atomic E-state index is 0.701. The van der Waals surface area contributed by atoms with Gasteiger partial charge in [-0.15, -0.1) is 5.10 Å². The lowest BCUT2D eigenvalue weighted by Crippen LogP contribution is -1.97. The molecule has 0 atom stereocenters. The highest BCUT2D eigenvalue weighted by atomic mass is 127. The molecule has 0 spiro atoms. The van der Waals surface area contributed by atoms with E-state index in [1.165, 1.54) is 14.5 Å². The van der Waals surface area contributed by atoms with E-state index in [2.05, 4.69) is 73.7 Å². The third-order valence-electron chi connectivity index (χ3n) is 3.57. The Morgan fingerprint density at radius 1 is 1.09 bits per heavy atom. The van der Waals surface area contributed by atoms with Gasteiger partial charge in [-0.05, 0) is 52.9 Å². The lowest BCUT2D eigenvalue weighted by molar-refractivity contribution is 0.848. The number of hydrogen-bond acceptors (Lipinski definition) is 3. The van der Waals surface area contributed by atoms with E-state index in [0.717, 1.165) is 11.4 Å². The molecule has 6 heteroatoms. The molecule has 0 aliphatic heterocycles. The van der Waals surface area contributed by atoms with E-state index in [1.54, 1.807) is 17.2 Å². The van der Waals surface area contributed by atoms with Crippen LogP contribution in [0.5, 0.6) is 0 Å². The van der Waals surface area contributed by atoms with Gasteiger partial charge in [0.1, 0.15) is 6.33 Å². The predicted octanol–water partition coefficient (Wildman–Crippen LogP) is 3.43. The standard InChI is InChI=1S/C16H12IN5/c1-21-9-13(17)12-8-11(5-6-14(12)21)16-19-10-22(20-16)15-4-2-3-7-18-15/h2-10H,1H3. The average molecular weight is 401 g/mol. The summed E-state index contributed by atoms with van der Waals surface area (Å²) in [5, 5.41) is 5.75. The molecule has 1 aromatic carbocycles. The first kappa shape index (κ1) is 13.4. The van der Waals surface area contributed by atoms with E-state index in [-0.39, 0.29) is 0 Å². The second-order valence-corrected chi connectivity index (χ2v) is 6.18. The molecule has 4 aromatic rings. The summed E-state index contributed by atoms with van der Waals surface area (Å²) in [6, 6.07) is 12.0. The number of nitrogens with zero attached hydrogens (tertiary/aromatic N) is 5. The van der Waals surface area contributed by atoms with Crippen LogP contribution in [0.15, 0.2) is 55.1 Å². The fourth-order valence-corrected chi connectivity index (χ4v) is 3.33. The molecule has 0 aliphatic rings. The molecule has 0 saturated carbocycles. The molecule has 0 N–H and O–H groups in total. The van der Waals surface area contributed by atoms with Gasteiger partial charge in [-0.25, -0.2) is 14.6 Å². The summed E-state index contributed by atoms with van der Waals surface area (Å²) in [7, 11) is 2.05. The number of fused-ring (bicyclic) bond motifs is 1. The minimum absolute atomic E-state index is 0.701. The van der Waals surface area contributed by atoms with E-state index in [4.69, 9.17) is 0 Å². The first-order valence-electron chi connectivity index (χ1n) is 6.80. The first-order chi connectivity index (χ1) is 10.7. The van der Waals surface area contributed by atoms with E-state index in [1.807, 2.05) is 18.2 Å². The molecule has 0 fully saturated rings. The smallest absolute Gasteiger partial charge is 0.181 e. The molecule has 3 heterocycles. The van der Waals surface area contributed by atoms with E-state index in [0.29, 0.717) is 5.82 Å². The lowest BCUT2D eigenvalue weighted by Gasteiger charge is -2.00. The highest BCUT2D eigenvalue weighted by molar-refractivity contribution is 14.1. The fourth-order valence-electron chi connectivity index (χ4n) is 2.48. The predicted molar refractivity (Wildman–Crippen MR) is 93.8 cm³/mol. The zero-order valence-corrected chi connectivity index (χ0v) is 14.0. The second-order valence-electron chi connectivity index (χ2n) is 5.02. The van der Waals surface area contributed by atoms with Crippen LogP contribution in [0.4, 0.5) is 0 Å². The van der Waals surface area contributed by atoms with Crippen molar-refractivity contribution in [3.05, 3.63) is 58.7 Å². The Morgan fingerprint density at radius 3 is 2.82 bits per heavy atom. The van der Waals surface area contributed by atoms with Crippen molar-refractivity contribution in [3.8, 4) is 17.2 Å². The van der Waals surface area contributed by atoms with Crippen molar-refractivity contribution in [2.45, 2.75) is 0 Å². The summed E-state index contributed by atoms with van der Waals surface area (Å²) < 4.78 is 5.04. The van der Waals surface area contributed by atoms with Gasteiger partial charge < -0.3 is 4.57 Å². The lowest BCUT2D eigenvalue weighted by atomic mass is 10.1. The second kappa shape index (κ2) is 5.20. The maximum Gasteiger partial charge on any atom is 0.181 e. The Hall–Kier alpha value is -2.22. The van der Waals surface area contributed by atoms with Crippen molar-refractivity contribution in [1.29, 1.82) is 0 Å². The number of hydrogen-bond donors (Lipinski definition) is 0. The van der Waals surface area contributed by atoms with Crippen molar-refractivity contribution in [1.82, 2.24) is 24.3 Å². The molecule has 4 rings (SSSR count). The Balaban J connectivity index is 1.79. The van der Waals surface area contributed by atoms with Gasteiger partial charge in [0.15, 0.2) is 11.6 Å². The summed E-state index contributed by atoms with van der Waals surface area (Å²) in [4.78, 5) is 8.69. The number of halogens is 1. The number of rotatable bonds is 2. The van der Waals surface area contributed by atoms with Gasteiger partial charge in [0.2, 0.25) is 0 Å². The first-order valence-corrected chi connectivity index (χ1v) is 7.88. The third-order valence-corrected chi connectivity index (χ3v) is 4.43. The van der Waals surface area contributed by atoms with Crippen molar-refractivity contribution in [2.75, 3.05) is 0 Å². The molecule has 22 heavy (non-hydrogen) atoms. The molecular formula is C16H12IN5. The van der Waals surface area contributed by atoms with Gasteiger partial charge in [-0.3, -0.25) is 0 Å². The molecule has 0 saturated heterocycles. The summed E-state index contributed by atoms with van der Waals surface area (Å²) in [5.41, 5.74) is 2.21. The Morgan fingerprint density at radius 2 is 2.00 bits per heavy atom. The number of aromatic nitrogens is 5. The molecule has 0 radical (unpaired) electrons. The van der Waals surface area contributed by atoms with Crippen molar-refractivity contribution < 1.29 is 0 Å². The number of aryl methyl sites for hydroxylation is 1. The van der Waals surface area contributed by atoms with Gasteiger partial charge >= 0.3 is 0 Å². The molecule has 0 aliphatic carbocycles. The van der Waals surface area contributed by atoms with Gasteiger partial charge in [0.05, 0.1) is 0 Å². The maximum absolute atomic E-state index is 4.53. The highest BCUT2D eigenvalue weighted by Gasteiger charge is 2.10. The summed E-state index contributed by atoms with van der Waals surface area (Å²) in [6.45, 7) is 0.